The van der Waals surface area contributed by atoms with Crippen molar-refractivity contribution in [3.63, 3.8) is 0 Å². The molecule has 3 rings (SSSR count). The van der Waals surface area contributed by atoms with Crippen LogP contribution in [-0.4, -0.2) is 52.2 Å². The lowest BCUT2D eigenvalue weighted by atomic mass is 10.2. The van der Waals surface area contributed by atoms with Crippen LogP contribution in [0.5, 0.6) is 0 Å². The smallest absolute Gasteiger partial charge is 0.291 e. The van der Waals surface area contributed by atoms with E-state index in [4.69, 9.17) is 0 Å². The number of rotatable bonds is 2. The predicted octanol–water partition coefficient (Wildman–Crippen LogP) is 0.906. The topological polar surface area (TPSA) is 65.1 Å². The Morgan fingerprint density at radius 2 is 1.85 bits per heavy atom. The van der Waals surface area contributed by atoms with E-state index >= 15 is 0 Å². The minimum atomic E-state index is -0.243. The van der Waals surface area contributed by atoms with Gasteiger partial charge in [-0.1, -0.05) is 0 Å². The molecule has 0 aliphatic carbocycles. The lowest BCUT2D eigenvalue weighted by Gasteiger charge is -2.35. The van der Waals surface area contributed by atoms with Crippen LogP contribution in [0, 0.1) is 5.82 Å². The zero-order chi connectivity index (χ0) is 13.9. The molecule has 0 bridgehead atoms. The summed E-state index contributed by atoms with van der Waals surface area (Å²) in [5, 5.41) is 6.26. The van der Waals surface area contributed by atoms with Crippen LogP contribution in [0.4, 0.5) is 10.1 Å². The molecule has 1 aromatic carbocycles. The largest absolute Gasteiger partial charge is 0.368 e. The van der Waals surface area contributed by atoms with Crippen LogP contribution >= 0.6 is 0 Å². The molecule has 0 radical (unpaired) electrons. The van der Waals surface area contributed by atoms with E-state index in [2.05, 4.69) is 20.1 Å². The first-order chi connectivity index (χ1) is 9.74. The van der Waals surface area contributed by atoms with Crippen LogP contribution in [0.3, 0.4) is 0 Å². The SMILES string of the molecule is O=C(c1ncn[nH]1)N1CCN(c2ccc(F)cc2)CC1. The number of H-pyrrole nitrogens is 1. The van der Waals surface area contributed by atoms with E-state index in [0.717, 1.165) is 5.69 Å². The number of hydrogen-bond acceptors (Lipinski definition) is 4. The highest BCUT2D eigenvalue weighted by Gasteiger charge is 2.23. The first-order valence-corrected chi connectivity index (χ1v) is 6.39. The summed E-state index contributed by atoms with van der Waals surface area (Å²) in [5.41, 5.74) is 0.971. The van der Waals surface area contributed by atoms with Crippen LogP contribution in [0.15, 0.2) is 30.6 Å². The Labute approximate surface area is 115 Å². The molecule has 2 heterocycles. The van der Waals surface area contributed by atoms with Crippen molar-refractivity contribution >= 4 is 11.6 Å². The molecule has 1 fully saturated rings. The van der Waals surface area contributed by atoms with Gasteiger partial charge >= 0.3 is 0 Å². The van der Waals surface area contributed by atoms with Crippen molar-refractivity contribution in [3.05, 3.63) is 42.2 Å². The first kappa shape index (κ1) is 12.6. The Bertz CT molecular complexity index is 575. The minimum Gasteiger partial charge on any atom is -0.368 e. The number of nitrogens with zero attached hydrogens (tertiary/aromatic N) is 4. The molecule has 0 unspecified atom stereocenters. The molecule has 1 aliphatic rings. The van der Waals surface area contributed by atoms with E-state index in [1.165, 1.54) is 18.5 Å². The molecule has 0 atom stereocenters. The van der Waals surface area contributed by atoms with E-state index in [1.54, 1.807) is 17.0 Å². The molecule has 1 saturated heterocycles. The number of carbonyl (C=O) groups excluding carboxylic acids is 1. The van der Waals surface area contributed by atoms with Crippen molar-refractivity contribution in [2.45, 2.75) is 0 Å². The first-order valence-electron chi connectivity index (χ1n) is 6.39. The highest BCUT2D eigenvalue weighted by atomic mass is 19.1. The molecule has 20 heavy (non-hydrogen) atoms. The number of benzene rings is 1. The van der Waals surface area contributed by atoms with E-state index < -0.39 is 0 Å². The molecule has 1 amide bonds. The van der Waals surface area contributed by atoms with Gasteiger partial charge < -0.3 is 9.80 Å². The van der Waals surface area contributed by atoms with Crippen LogP contribution in [-0.2, 0) is 0 Å². The van der Waals surface area contributed by atoms with Crippen molar-refractivity contribution in [3.8, 4) is 0 Å². The van der Waals surface area contributed by atoms with Crippen LogP contribution in [0.2, 0.25) is 0 Å². The van der Waals surface area contributed by atoms with Gasteiger partial charge in [0.2, 0.25) is 5.82 Å². The zero-order valence-corrected chi connectivity index (χ0v) is 10.8. The van der Waals surface area contributed by atoms with Gasteiger partial charge in [-0.05, 0) is 24.3 Å². The number of amides is 1. The van der Waals surface area contributed by atoms with Crippen LogP contribution < -0.4 is 4.90 Å². The third kappa shape index (κ3) is 2.47. The summed E-state index contributed by atoms with van der Waals surface area (Å²) >= 11 is 0. The van der Waals surface area contributed by atoms with Gasteiger partial charge in [-0.25, -0.2) is 9.37 Å². The van der Waals surface area contributed by atoms with Crippen molar-refractivity contribution in [1.82, 2.24) is 20.1 Å². The van der Waals surface area contributed by atoms with E-state index in [0.29, 0.717) is 26.2 Å². The van der Waals surface area contributed by atoms with Crippen LogP contribution in [0.25, 0.3) is 0 Å². The Hall–Kier alpha value is -2.44. The maximum absolute atomic E-state index is 12.9. The highest BCUT2D eigenvalue weighted by Crippen LogP contribution is 2.17. The quantitative estimate of drug-likeness (QED) is 0.884. The number of halogens is 1. The second-order valence-electron chi connectivity index (χ2n) is 4.59. The van der Waals surface area contributed by atoms with Crippen molar-refractivity contribution in [2.24, 2.45) is 0 Å². The third-order valence-electron chi connectivity index (χ3n) is 3.38. The van der Waals surface area contributed by atoms with Crippen LogP contribution in [0.1, 0.15) is 10.6 Å². The molecule has 0 spiro atoms. The number of piperazine rings is 1. The second kappa shape index (κ2) is 5.28. The second-order valence-corrected chi connectivity index (χ2v) is 4.59. The average Bonchev–Trinajstić information content (AvgIpc) is 3.02. The highest BCUT2D eigenvalue weighted by molar-refractivity contribution is 5.90. The predicted molar refractivity (Wildman–Crippen MR) is 70.9 cm³/mol. The molecule has 6 nitrogen and oxygen atoms in total. The number of carbonyl (C=O) groups is 1. The fraction of sp³-hybridized carbons (Fsp3) is 0.308. The van der Waals surface area contributed by atoms with Crippen molar-refractivity contribution < 1.29 is 9.18 Å². The average molecular weight is 275 g/mol. The van der Waals surface area contributed by atoms with E-state index in [-0.39, 0.29) is 17.5 Å². The fourth-order valence-corrected chi connectivity index (χ4v) is 2.28. The standard InChI is InChI=1S/C13H14FN5O/c14-10-1-3-11(4-2-10)18-5-7-19(8-6-18)13(20)12-15-9-16-17-12/h1-4,9H,5-8H2,(H,15,16,17). The fourth-order valence-electron chi connectivity index (χ4n) is 2.28. The molecule has 0 saturated carbocycles. The lowest BCUT2D eigenvalue weighted by Crippen LogP contribution is -2.49. The molecule has 104 valence electrons. The number of hydrogen-bond donors (Lipinski definition) is 1. The molecule has 7 heteroatoms. The number of aromatic amines is 1. The van der Waals surface area contributed by atoms with Crippen molar-refractivity contribution in [2.75, 3.05) is 31.1 Å². The number of nitrogens with one attached hydrogen (secondary N) is 1. The zero-order valence-electron chi connectivity index (χ0n) is 10.8. The summed E-state index contributed by atoms with van der Waals surface area (Å²) in [4.78, 5) is 19.8. The normalized spacial score (nSPS) is 15.4. The monoisotopic (exact) mass is 275 g/mol. The Morgan fingerprint density at radius 3 is 2.45 bits per heavy atom. The van der Waals surface area contributed by atoms with Gasteiger partial charge in [0.05, 0.1) is 0 Å². The summed E-state index contributed by atoms with van der Waals surface area (Å²) in [6, 6.07) is 6.40. The molecule has 1 N–H and O–H groups in total. The maximum Gasteiger partial charge on any atom is 0.291 e. The van der Waals surface area contributed by atoms with E-state index in [9.17, 15) is 9.18 Å². The summed E-state index contributed by atoms with van der Waals surface area (Å²) in [5.74, 6) is -0.116. The van der Waals surface area contributed by atoms with Gasteiger partial charge in [0.25, 0.3) is 5.91 Å². The van der Waals surface area contributed by atoms with Gasteiger partial charge in [-0.15, -0.1) is 0 Å². The third-order valence-corrected chi connectivity index (χ3v) is 3.38. The Balaban J connectivity index is 1.62. The van der Waals surface area contributed by atoms with Gasteiger partial charge in [0, 0.05) is 31.9 Å². The molecular weight excluding hydrogens is 261 g/mol. The number of anilines is 1. The summed E-state index contributed by atoms with van der Waals surface area (Å²) in [7, 11) is 0. The molecular formula is C13H14FN5O. The maximum atomic E-state index is 12.9. The van der Waals surface area contributed by atoms with Gasteiger partial charge in [0.15, 0.2) is 0 Å². The summed E-state index contributed by atoms with van der Waals surface area (Å²) < 4.78 is 12.9. The van der Waals surface area contributed by atoms with E-state index in [1.807, 2.05) is 0 Å². The molecule has 2 aromatic rings. The number of aromatic nitrogens is 3. The van der Waals surface area contributed by atoms with Crippen molar-refractivity contribution in [1.29, 1.82) is 0 Å². The summed E-state index contributed by atoms with van der Waals surface area (Å²) in [6.07, 6.45) is 1.32. The molecule has 1 aliphatic heterocycles. The Morgan fingerprint density at radius 1 is 1.15 bits per heavy atom. The molecule has 1 aromatic heterocycles. The Kier molecular flexibility index (Phi) is 3.32. The minimum absolute atomic E-state index is 0.138. The van der Waals surface area contributed by atoms with Gasteiger partial charge in [0.1, 0.15) is 12.1 Å². The summed E-state index contributed by atoms with van der Waals surface area (Å²) in [6.45, 7) is 2.64. The lowest BCUT2D eigenvalue weighted by molar-refractivity contribution is 0.0735. The van der Waals surface area contributed by atoms with Gasteiger partial charge in [-0.2, -0.15) is 5.10 Å². The van der Waals surface area contributed by atoms with Gasteiger partial charge in [-0.3, -0.25) is 9.89 Å².